The third-order valence-electron chi connectivity index (χ3n) is 5.21. The molecule has 1 aromatic carbocycles. The van der Waals surface area contributed by atoms with E-state index in [9.17, 15) is 8.42 Å². The Hall–Kier alpha value is -2.82. The van der Waals surface area contributed by atoms with Crippen molar-refractivity contribution in [2.24, 2.45) is 0 Å². The molecule has 0 amide bonds. The Balaban J connectivity index is 1.41. The molecule has 0 spiro atoms. The van der Waals surface area contributed by atoms with E-state index in [1.165, 1.54) is 0 Å². The first-order valence-corrected chi connectivity index (χ1v) is 11.9. The van der Waals surface area contributed by atoms with Crippen LogP contribution in [0.5, 0.6) is 0 Å². The summed E-state index contributed by atoms with van der Waals surface area (Å²) in [5.41, 5.74) is 2.41. The van der Waals surface area contributed by atoms with Gasteiger partial charge in [0.05, 0.1) is 16.1 Å². The van der Waals surface area contributed by atoms with E-state index in [1.807, 2.05) is 36.6 Å². The molecule has 10 heteroatoms. The highest BCUT2D eigenvalue weighted by molar-refractivity contribution is 7.89. The molecule has 4 aromatic rings. The lowest BCUT2D eigenvalue weighted by Crippen LogP contribution is -2.49. The third-order valence-corrected chi connectivity index (χ3v) is 7.98. The fourth-order valence-electron chi connectivity index (χ4n) is 3.56. The van der Waals surface area contributed by atoms with E-state index >= 15 is 0 Å². The molecule has 1 N–H and O–H groups in total. The van der Waals surface area contributed by atoms with Gasteiger partial charge in [0.2, 0.25) is 10.0 Å². The van der Waals surface area contributed by atoms with Gasteiger partial charge in [0.25, 0.3) is 0 Å². The molecule has 0 radical (unpaired) electrons. The summed E-state index contributed by atoms with van der Waals surface area (Å²) in [5.74, 6) is 1.39. The molecular weight excluding hydrogens is 420 g/mol. The van der Waals surface area contributed by atoms with Crippen molar-refractivity contribution >= 4 is 38.3 Å². The molecular formula is C20H20N6O2S2. The maximum absolute atomic E-state index is 13.0. The van der Waals surface area contributed by atoms with Crippen LogP contribution in [0.2, 0.25) is 0 Å². The molecule has 3 aromatic heterocycles. The molecule has 1 saturated heterocycles. The van der Waals surface area contributed by atoms with Crippen LogP contribution in [0.25, 0.3) is 21.9 Å². The smallest absolute Gasteiger partial charge is 0.243 e. The van der Waals surface area contributed by atoms with Crippen molar-refractivity contribution < 1.29 is 8.42 Å². The van der Waals surface area contributed by atoms with Gasteiger partial charge in [-0.05, 0) is 30.5 Å². The number of thiophene rings is 1. The van der Waals surface area contributed by atoms with Gasteiger partial charge in [-0.1, -0.05) is 23.8 Å². The van der Waals surface area contributed by atoms with Crippen LogP contribution in [-0.2, 0) is 10.0 Å². The van der Waals surface area contributed by atoms with Crippen molar-refractivity contribution in [2.75, 3.05) is 31.1 Å². The summed E-state index contributed by atoms with van der Waals surface area (Å²) in [7, 11) is -3.50. The van der Waals surface area contributed by atoms with Gasteiger partial charge in [0, 0.05) is 26.2 Å². The first-order chi connectivity index (χ1) is 14.5. The highest BCUT2D eigenvalue weighted by atomic mass is 32.2. The Bertz CT molecular complexity index is 1270. The fourth-order valence-corrected chi connectivity index (χ4v) is 5.64. The molecule has 5 rings (SSSR count). The highest BCUT2D eigenvalue weighted by Crippen LogP contribution is 2.29. The number of rotatable bonds is 4. The average Bonchev–Trinajstić information content (AvgIpc) is 3.45. The number of piperazine rings is 1. The molecule has 30 heavy (non-hydrogen) atoms. The van der Waals surface area contributed by atoms with Gasteiger partial charge >= 0.3 is 0 Å². The topological polar surface area (TPSA) is 95.1 Å². The first-order valence-electron chi connectivity index (χ1n) is 9.59. The number of hydrogen-bond acceptors (Lipinski definition) is 7. The summed E-state index contributed by atoms with van der Waals surface area (Å²) in [4.78, 5) is 20.2. The molecule has 8 nitrogen and oxygen atoms in total. The second-order valence-corrected chi connectivity index (χ2v) is 10.0. The molecule has 0 atom stereocenters. The number of fused-ring (bicyclic) bond motifs is 1. The lowest BCUT2D eigenvalue weighted by molar-refractivity contribution is 0.384. The van der Waals surface area contributed by atoms with E-state index < -0.39 is 10.0 Å². The second kappa shape index (κ2) is 7.46. The first kappa shape index (κ1) is 19.2. The van der Waals surface area contributed by atoms with E-state index in [4.69, 9.17) is 4.98 Å². The number of H-pyrrole nitrogens is 1. The van der Waals surface area contributed by atoms with Crippen LogP contribution < -0.4 is 4.90 Å². The number of aryl methyl sites for hydroxylation is 1. The van der Waals surface area contributed by atoms with Crippen molar-refractivity contribution in [1.82, 2.24) is 24.2 Å². The molecule has 1 aliphatic heterocycles. The fraction of sp³-hybridized carbons (Fsp3) is 0.250. The van der Waals surface area contributed by atoms with Crippen LogP contribution >= 0.6 is 11.3 Å². The molecule has 0 unspecified atom stereocenters. The summed E-state index contributed by atoms with van der Waals surface area (Å²) in [6.07, 6.45) is 1.61. The van der Waals surface area contributed by atoms with E-state index in [2.05, 4.69) is 19.9 Å². The number of imidazole rings is 1. The Kier molecular flexibility index (Phi) is 4.76. The Morgan fingerprint density at radius 3 is 2.50 bits per heavy atom. The minimum atomic E-state index is -3.50. The van der Waals surface area contributed by atoms with Gasteiger partial charge in [-0.25, -0.2) is 23.4 Å². The summed E-state index contributed by atoms with van der Waals surface area (Å²) in [6.45, 7) is 3.81. The summed E-state index contributed by atoms with van der Waals surface area (Å²) < 4.78 is 27.5. The van der Waals surface area contributed by atoms with Crippen LogP contribution in [0.15, 0.2) is 53.0 Å². The van der Waals surface area contributed by atoms with Gasteiger partial charge < -0.3 is 9.88 Å². The number of anilines is 1. The van der Waals surface area contributed by atoms with E-state index in [-0.39, 0.29) is 0 Å². The predicted molar refractivity (Wildman–Crippen MR) is 117 cm³/mol. The van der Waals surface area contributed by atoms with Crippen molar-refractivity contribution in [3.8, 4) is 10.7 Å². The van der Waals surface area contributed by atoms with Crippen molar-refractivity contribution in [1.29, 1.82) is 0 Å². The van der Waals surface area contributed by atoms with Crippen molar-refractivity contribution in [3.05, 3.63) is 53.7 Å². The lowest BCUT2D eigenvalue weighted by Gasteiger charge is -2.34. The minimum absolute atomic E-state index is 0.333. The van der Waals surface area contributed by atoms with Crippen LogP contribution in [-0.4, -0.2) is 58.8 Å². The SMILES string of the molecule is Cc1ccc(S(=O)(=O)N2CCN(c3nc(-c4cccs4)nc4nc[nH]c34)CC2)cc1. The normalized spacial score (nSPS) is 15.7. The Morgan fingerprint density at radius 2 is 1.80 bits per heavy atom. The van der Waals surface area contributed by atoms with E-state index in [1.54, 1.807) is 34.1 Å². The molecule has 1 aliphatic rings. The molecule has 4 heterocycles. The lowest BCUT2D eigenvalue weighted by atomic mass is 10.2. The van der Waals surface area contributed by atoms with E-state index in [0.29, 0.717) is 42.5 Å². The zero-order valence-electron chi connectivity index (χ0n) is 16.3. The maximum Gasteiger partial charge on any atom is 0.243 e. The molecule has 1 fully saturated rings. The standard InChI is InChI=1S/C20H20N6O2S2/c1-14-4-6-15(7-5-14)30(27,28)26-10-8-25(9-11-26)20-17-19(22-13-21-17)23-18(24-20)16-3-2-12-29-16/h2-7,12-13H,8-11H2,1H3,(H,21,22,23,24). The number of nitrogens with one attached hydrogen (secondary N) is 1. The number of nitrogens with zero attached hydrogens (tertiary/aromatic N) is 5. The molecule has 0 bridgehead atoms. The zero-order chi connectivity index (χ0) is 20.7. The predicted octanol–water partition coefficient (Wildman–Crippen LogP) is 2.90. The monoisotopic (exact) mass is 440 g/mol. The van der Waals surface area contributed by atoms with Crippen LogP contribution in [0.1, 0.15) is 5.56 Å². The van der Waals surface area contributed by atoms with Crippen molar-refractivity contribution in [2.45, 2.75) is 11.8 Å². The van der Waals surface area contributed by atoms with Crippen LogP contribution in [0, 0.1) is 6.92 Å². The number of hydrogen-bond donors (Lipinski definition) is 1. The maximum atomic E-state index is 13.0. The zero-order valence-corrected chi connectivity index (χ0v) is 17.9. The summed E-state index contributed by atoms with van der Waals surface area (Å²) >= 11 is 1.58. The summed E-state index contributed by atoms with van der Waals surface area (Å²) in [6, 6.07) is 10.9. The van der Waals surface area contributed by atoms with Gasteiger partial charge in [0.15, 0.2) is 17.3 Å². The quantitative estimate of drug-likeness (QED) is 0.524. The van der Waals surface area contributed by atoms with Gasteiger partial charge in [-0.3, -0.25) is 0 Å². The number of aromatic nitrogens is 4. The number of aromatic amines is 1. The van der Waals surface area contributed by atoms with Crippen LogP contribution in [0.3, 0.4) is 0 Å². The second-order valence-electron chi connectivity index (χ2n) is 7.15. The minimum Gasteiger partial charge on any atom is -0.352 e. The van der Waals surface area contributed by atoms with Crippen LogP contribution in [0.4, 0.5) is 5.82 Å². The Labute approximate surface area is 178 Å². The van der Waals surface area contributed by atoms with E-state index in [0.717, 1.165) is 21.8 Å². The van der Waals surface area contributed by atoms with Gasteiger partial charge in [0.1, 0.15) is 5.52 Å². The third kappa shape index (κ3) is 3.36. The molecule has 0 aliphatic carbocycles. The van der Waals surface area contributed by atoms with Crippen molar-refractivity contribution in [3.63, 3.8) is 0 Å². The molecule has 154 valence electrons. The van der Waals surface area contributed by atoms with Gasteiger partial charge in [-0.15, -0.1) is 11.3 Å². The van der Waals surface area contributed by atoms with Gasteiger partial charge in [-0.2, -0.15) is 4.31 Å². The average molecular weight is 441 g/mol. The molecule has 0 saturated carbocycles. The Morgan fingerprint density at radius 1 is 1.03 bits per heavy atom. The highest BCUT2D eigenvalue weighted by Gasteiger charge is 2.30. The number of benzene rings is 1. The largest absolute Gasteiger partial charge is 0.352 e. The number of sulfonamides is 1. The summed E-state index contributed by atoms with van der Waals surface area (Å²) in [5, 5.41) is 1.99.